The third-order valence-corrected chi connectivity index (χ3v) is 44.1. The zero-order valence-electron chi connectivity index (χ0n) is 74.7. The molecule has 1 amide bonds. The lowest BCUT2D eigenvalue weighted by molar-refractivity contribution is -0.121. The van der Waals surface area contributed by atoms with Crippen LogP contribution in [0.2, 0.25) is 0 Å². The molecule has 1 aliphatic rings. The largest absolute Gasteiger partial charge is 0.460 e. The molecule has 19 heteroatoms. The molecule has 21 rings (SSSR count). The monoisotopic (exact) mass is 1930 g/mol. The van der Waals surface area contributed by atoms with E-state index in [1.165, 1.54) is 90.9 Å². The van der Waals surface area contributed by atoms with Crippen LogP contribution in [0.3, 0.4) is 0 Å². The number of nitrogens with zero attached hydrogens (tertiary/aromatic N) is 3. The molecule has 20 aromatic rings. The van der Waals surface area contributed by atoms with Gasteiger partial charge in [0.05, 0.1) is 0 Å². The summed E-state index contributed by atoms with van der Waals surface area (Å²) in [5, 5.41) is 28.0. The molecule has 1 N–H and O–H groups in total. The number of aryl methyl sites for hydroxylation is 1. The molecule has 0 saturated heterocycles. The van der Waals surface area contributed by atoms with E-state index in [1.54, 1.807) is 0 Å². The minimum atomic E-state index is -4.60. The highest BCUT2D eigenvalue weighted by atomic mass is 31.3. The lowest BCUT2D eigenvalue weighted by Gasteiger charge is -2.33. The van der Waals surface area contributed by atoms with Crippen LogP contribution in [0.15, 0.2) is 517 Å². The zero-order valence-corrected chi connectivity index (χ0v) is 81.9. The molecule has 0 radical (unpaired) electrons. The molecular weight excluding hydrogens is 1830 g/mol. The Hall–Kier alpha value is -13.5. The molecule has 0 fully saturated rings. The molecule has 0 aliphatic carbocycles. The summed E-state index contributed by atoms with van der Waals surface area (Å²) in [6.45, 7) is 0.407. The highest BCUT2D eigenvalue weighted by Gasteiger charge is 2.49. The SMILES string of the molecule is O=C(CCCc1ccc2ccc3cccc4ccc1c2c34)NCCc1ccc(OP2(Oc3ccc(P(c4ccccc4)c4ccccc4)cc3)=NP(Oc3ccc(P(c4ccccc4)c4ccccc4)cc3)(Oc3ccc(P(c4ccccc4)c4ccccc4)cc3)=NP(Oc3ccc(P(c4ccccc4)c4ccccc4)cc3)(Oc3ccc(P(c4ccccc4)c4ccccc4)cc3)=N2)cc1. The number of carbonyl (C=O) groups excluding carboxylic acids is 1. The standard InChI is InChI=1S/C118H94N4O7P8/c123-116(56-32-33-90-59-60-93-62-61-91-34-31-35-92-63-86-115(90)118(93)117(91)92)119-88-87-89-57-64-94(65-58-89)124-135(125-95-66-76-110(77-67-95)130(100-36-11-1-12-37-100)101-38-13-2-14-39-101)120-136(126-96-68-78-111(79-69-96)131(102-40-15-3-16-41-102)103-42-17-4-18-43-103,127-97-70-80-112(81-71-97)132(104-44-19-5-20-45-104)105-46-21-6-22-47-105)122-137(121-135,128-98-72-82-113(83-73-98)133(106-48-23-7-24-49-106)107-50-25-8-26-51-107)129-99-74-84-114(85-75-99)134(108-52-27-9-28-53-108)109-54-29-10-30-55-109/h1-31,34-55,57-86H,32-33,56,87-88H2,(H,119,123). The molecule has 0 saturated carbocycles. The predicted octanol–water partition coefficient (Wildman–Crippen LogP) is 25.7. The first-order valence-electron chi connectivity index (χ1n) is 45.8. The van der Waals surface area contributed by atoms with Crippen LogP contribution in [0, 0.1) is 0 Å². The Morgan fingerprint density at radius 3 is 0.693 bits per heavy atom. The number of nitrogens with one attached hydrogen (secondary N) is 1. The van der Waals surface area contributed by atoms with E-state index in [4.69, 9.17) is 40.7 Å². The summed E-state index contributed by atoms with van der Waals surface area (Å²) in [7, 11) is -19.1. The maximum absolute atomic E-state index is 14.0. The smallest absolute Gasteiger partial charge is 0.413 e. The van der Waals surface area contributed by atoms with Crippen molar-refractivity contribution in [2.45, 2.75) is 25.7 Å². The summed E-state index contributed by atoms with van der Waals surface area (Å²) >= 11 is 0. The molecule has 0 aromatic heterocycles. The first kappa shape index (κ1) is 90.0. The number of hydrogen-bond acceptors (Lipinski definition) is 10. The number of carbonyl (C=O) groups is 1. The number of amides is 1. The van der Waals surface area contributed by atoms with E-state index in [0.717, 1.165) is 38.5 Å². The van der Waals surface area contributed by atoms with E-state index in [1.807, 2.05) is 84.9 Å². The van der Waals surface area contributed by atoms with Crippen molar-refractivity contribution in [2.75, 3.05) is 6.54 Å². The highest BCUT2D eigenvalue weighted by Crippen LogP contribution is 2.79. The molecule has 1 unspecified atom stereocenters. The summed E-state index contributed by atoms with van der Waals surface area (Å²) in [6, 6.07) is 175. The highest BCUT2D eigenvalue weighted by molar-refractivity contribution is 7.82. The van der Waals surface area contributed by atoms with Crippen molar-refractivity contribution in [1.29, 1.82) is 0 Å². The molecule has 20 aromatic carbocycles. The van der Waals surface area contributed by atoms with Crippen LogP contribution in [0.25, 0.3) is 32.3 Å². The average Bonchev–Trinajstić information content (AvgIpc) is 0.743. The Labute approximate surface area is 806 Å². The average molecular weight is 1930 g/mol. The summed E-state index contributed by atoms with van der Waals surface area (Å²) in [4.78, 5) is 14.0. The molecule has 0 bridgehead atoms. The van der Waals surface area contributed by atoms with Crippen LogP contribution in [-0.2, 0) is 17.6 Å². The Bertz CT molecular complexity index is 6930. The minimum absolute atomic E-state index is 0.00346. The van der Waals surface area contributed by atoms with Gasteiger partial charge in [-0.1, -0.05) is 444 Å². The van der Waals surface area contributed by atoms with Crippen LogP contribution >= 0.6 is 62.6 Å². The quantitative estimate of drug-likeness (QED) is 0.0315. The fraction of sp³-hybridized carbons (Fsp3) is 0.0424. The van der Waals surface area contributed by atoms with Gasteiger partial charge in [-0.3, -0.25) is 4.79 Å². The summed E-state index contributed by atoms with van der Waals surface area (Å²) in [5.74, 6) is 2.27. The van der Waals surface area contributed by atoms with E-state index in [9.17, 15) is 4.79 Å². The maximum Gasteiger partial charge on any atom is 0.460 e. The second-order valence-corrected chi connectivity index (χ2v) is 50.3. The molecule has 1 heterocycles. The molecule has 0 spiro atoms. The van der Waals surface area contributed by atoms with Gasteiger partial charge in [-0.15, -0.1) is 0 Å². The fourth-order valence-electron chi connectivity index (χ4n) is 17.5. The van der Waals surface area contributed by atoms with Gasteiger partial charge in [0.2, 0.25) is 5.91 Å². The van der Waals surface area contributed by atoms with Gasteiger partial charge in [-0.2, -0.15) is 0 Å². The van der Waals surface area contributed by atoms with E-state index in [2.05, 4.69) is 424 Å². The third kappa shape index (κ3) is 21.0. The van der Waals surface area contributed by atoms with E-state index in [-0.39, 0.29) is 5.91 Å². The lowest BCUT2D eigenvalue weighted by atomic mass is 9.90. The zero-order chi connectivity index (χ0) is 92.0. The topological polar surface area (TPSA) is 122 Å². The van der Waals surface area contributed by atoms with Crippen molar-refractivity contribution in [1.82, 2.24) is 5.32 Å². The van der Waals surface area contributed by atoms with Crippen molar-refractivity contribution in [3.8, 4) is 34.5 Å². The van der Waals surface area contributed by atoms with Gasteiger partial charge in [0.1, 0.15) is 34.5 Å². The van der Waals surface area contributed by atoms with Crippen molar-refractivity contribution < 1.29 is 31.9 Å². The van der Waals surface area contributed by atoms with Gasteiger partial charge >= 0.3 is 23.0 Å². The van der Waals surface area contributed by atoms with Crippen LogP contribution in [0.1, 0.15) is 24.0 Å². The van der Waals surface area contributed by atoms with Gasteiger partial charge in [-0.05, 0) is 255 Å². The predicted molar refractivity (Wildman–Crippen MR) is 584 cm³/mol. The van der Waals surface area contributed by atoms with E-state index in [0.29, 0.717) is 60.3 Å². The summed E-state index contributed by atoms with van der Waals surface area (Å²) in [5.41, 5.74) is 2.20. The van der Waals surface area contributed by atoms with Crippen LogP contribution < -0.4 is 112 Å². The summed E-state index contributed by atoms with van der Waals surface area (Å²) < 4.78 is 65.3. The van der Waals surface area contributed by atoms with Crippen molar-refractivity contribution >= 4 is 180 Å². The fourth-order valence-corrected chi connectivity index (χ4v) is 37.9. The second-order valence-electron chi connectivity index (χ2n) is 33.0. The normalized spacial score (nSPS) is 13.8. The molecular formula is C118H94N4O7P8. The van der Waals surface area contributed by atoms with Crippen LogP contribution in [-0.4, -0.2) is 12.5 Å². The Kier molecular flexibility index (Phi) is 27.6. The number of hydrogen-bond donors (Lipinski definition) is 1. The van der Waals surface area contributed by atoms with E-state index < -0.39 is 62.6 Å². The van der Waals surface area contributed by atoms with Crippen molar-refractivity contribution in [2.24, 2.45) is 13.5 Å². The maximum atomic E-state index is 14.0. The second kappa shape index (κ2) is 42.0. The van der Waals surface area contributed by atoms with Crippen molar-refractivity contribution in [3.63, 3.8) is 0 Å². The molecule has 1 aliphatic heterocycles. The number of rotatable bonds is 34. The first-order chi connectivity index (χ1) is 67.6. The van der Waals surface area contributed by atoms with Gasteiger partial charge in [0, 0.05) is 13.0 Å². The van der Waals surface area contributed by atoms with Gasteiger partial charge in [0.25, 0.3) is 0 Å². The molecule has 1 atom stereocenters. The Morgan fingerprint density at radius 2 is 0.438 bits per heavy atom. The Balaban J connectivity index is 0.736. The van der Waals surface area contributed by atoms with Gasteiger partial charge in [0.15, 0.2) is 0 Å². The van der Waals surface area contributed by atoms with Crippen molar-refractivity contribution in [3.05, 3.63) is 515 Å². The molecule has 11 nitrogen and oxygen atoms in total. The summed E-state index contributed by atoms with van der Waals surface area (Å²) in [6.07, 6.45) is 2.39. The van der Waals surface area contributed by atoms with Crippen LogP contribution in [0.4, 0.5) is 0 Å². The van der Waals surface area contributed by atoms with E-state index >= 15 is 0 Å². The first-order valence-corrected chi connectivity index (χ1v) is 57.1. The lowest BCUT2D eigenvalue weighted by Crippen LogP contribution is -2.25. The number of benzene rings is 20. The third-order valence-electron chi connectivity index (χ3n) is 23.8. The van der Waals surface area contributed by atoms with Gasteiger partial charge in [-0.25, -0.2) is 0 Å². The van der Waals surface area contributed by atoms with Crippen LogP contribution in [0.5, 0.6) is 34.5 Å². The van der Waals surface area contributed by atoms with Gasteiger partial charge < -0.3 is 32.5 Å². The molecule has 668 valence electrons. The molecule has 137 heavy (non-hydrogen) atoms. The minimum Gasteiger partial charge on any atom is -0.413 e. The Morgan fingerprint density at radius 1 is 0.219 bits per heavy atom.